The number of rotatable bonds is 8. The van der Waals surface area contributed by atoms with Crippen molar-refractivity contribution >= 4 is 0 Å². The van der Waals surface area contributed by atoms with Gasteiger partial charge in [0.1, 0.15) is 19.3 Å². The number of hydrogen-bond donors (Lipinski definition) is 1. The summed E-state index contributed by atoms with van der Waals surface area (Å²) in [6.07, 6.45) is 3.16. The Bertz CT molecular complexity index is 698. The van der Waals surface area contributed by atoms with Gasteiger partial charge in [0, 0.05) is 0 Å². The molecule has 2 atom stereocenters. The molecule has 2 unspecified atom stereocenters. The van der Waals surface area contributed by atoms with Gasteiger partial charge in [-0.1, -0.05) is 31.6 Å². The van der Waals surface area contributed by atoms with E-state index in [2.05, 4.69) is 10.1 Å². The van der Waals surface area contributed by atoms with Gasteiger partial charge >= 0.3 is 0 Å². The van der Waals surface area contributed by atoms with Crippen LogP contribution in [-0.2, 0) is 0 Å². The molecule has 6 heteroatoms. The molecular weight excluding hydrogens is 321 g/mol. The Morgan fingerprint density at radius 2 is 1.96 bits per heavy atom. The van der Waals surface area contributed by atoms with Crippen LogP contribution in [0.2, 0.25) is 0 Å². The lowest BCUT2D eigenvalue weighted by Gasteiger charge is -2.26. The van der Waals surface area contributed by atoms with Crippen LogP contribution in [0.25, 0.3) is 0 Å². The zero-order valence-electron chi connectivity index (χ0n) is 15.2. The lowest BCUT2D eigenvalue weighted by atomic mass is 9.93. The quantitative estimate of drug-likeness (QED) is 0.738. The molecule has 5 nitrogen and oxygen atoms in total. The molecule has 0 aliphatic heterocycles. The minimum absolute atomic E-state index is 0.0944. The molecule has 1 N–H and O–H groups in total. The standard InChI is InChI=1S/C19H26FN3O2/c1-13(2)19(24)17(23-12-21-11-22-23)9-14(3)15(4)10-25-18-8-6-5-7-16(18)20/h5-8,11-13,17,19,24H,9-10H2,1-4H3/b15-14+. The maximum Gasteiger partial charge on any atom is 0.165 e. The molecular formula is C19H26FN3O2. The van der Waals surface area contributed by atoms with Gasteiger partial charge in [-0.05, 0) is 43.9 Å². The average Bonchev–Trinajstić information content (AvgIpc) is 3.12. The van der Waals surface area contributed by atoms with Gasteiger partial charge in [0.15, 0.2) is 11.6 Å². The van der Waals surface area contributed by atoms with E-state index in [1.54, 1.807) is 29.2 Å². The van der Waals surface area contributed by atoms with Gasteiger partial charge in [0.05, 0.1) is 12.1 Å². The van der Waals surface area contributed by atoms with E-state index >= 15 is 0 Å². The van der Waals surface area contributed by atoms with Gasteiger partial charge in [-0.25, -0.2) is 14.1 Å². The third-order valence-corrected chi connectivity index (χ3v) is 4.38. The Morgan fingerprint density at radius 1 is 1.24 bits per heavy atom. The summed E-state index contributed by atoms with van der Waals surface area (Å²) in [6.45, 7) is 8.20. The predicted octanol–water partition coefficient (Wildman–Crippen LogP) is 3.78. The predicted molar refractivity (Wildman–Crippen MR) is 94.8 cm³/mol. The first-order valence-corrected chi connectivity index (χ1v) is 8.45. The van der Waals surface area contributed by atoms with E-state index in [4.69, 9.17) is 4.74 Å². The molecule has 2 rings (SSSR count). The smallest absolute Gasteiger partial charge is 0.165 e. The Morgan fingerprint density at radius 3 is 2.56 bits per heavy atom. The molecule has 0 aliphatic carbocycles. The molecule has 136 valence electrons. The molecule has 0 bridgehead atoms. The second-order valence-corrected chi connectivity index (χ2v) is 6.66. The highest BCUT2D eigenvalue weighted by molar-refractivity contribution is 5.24. The first-order valence-electron chi connectivity index (χ1n) is 8.45. The fourth-order valence-electron chi connectivity index (χ4n) is 2.56. The molecule has 0 saturated carbocycles. The van der Waals surface area contributed by atoms with Crippen molar-refractivity contribution in [1.29, 1.82) is 0 Å². The maximum absolute atomic E-state index is 13.6. The number of aromatic nitrogens is 3. The summed E-state index contributed by atoms with van der Waals surface area (Å²) in [5, 5.41) is 14.7. The lowest BCUT2D eigenvalue weighted by molar-refractivity contribution is 0.0635. The average molecular weight is 347 g/mol. The van der Waals surface area contributed by atoms with Crippen molar-refractivity contribution in [2.45, 2.75) is 46.3 Å². The van der Waals surface area contributed by atoms with E-state index < -0.39 is 6.10 Å². The monoisotopic (exact) mass is 347 g/mol. The van der Waals surface area contributed by atoms with Crippen LogP contribution in [0.5, 0.6) is 5.75 Å². The van der Waals surface area contributed by atoms with Gasteiger partial charge in [-0.3, -0.25) is 0 Å². The van der Waals surface area contributed by atoms with Crippen molar-refractivity contribution in [2.75, 3.05) is 6.61 Å². The van der Waals surface area contributed by atoms with E-state index in [0.29, 0.717) is 13.0 Å². The van der Waals surface area contributed by atoms with Crippen LogP contribution in [0.15, 0.2) is 48.1 Å². The molecule has 1 aromatic carbocycles. The van der Waals surface area contributed by atoms with Crippen LogP contribution in [0.4, 0.5) is 4.39 Å². The van der Waals surface area contributed by atoms with Crippen LogP contribution in [0.1, 0.15) is 40.2 Å². The summed E-state index contributed by atoms with van der Waals surface area (Å²) >= 11 is 0. The molecule has 2 aromatic rings. The first-order chi connectivity index (χ1) is 11.9. The first kappa shape index (κ1) is 19.1. The van der Waals surface area contributed by atoms with Crippen LogP contribution in [0.3, 0.4) is 0 Å². The Hall–Kier alpha value is -2.21. The Labute approximate surface area is 148 Å². The highest BCUT2D eigenvalue weighted by Gasteiger charge is 2.25. The van der Waals surface area contributed by atoms with Crippen LogP contribution in [-0.4, -0.2) is 32.6 Å². The van der Waals surface area contributed by atoms with Crippen LogP contribution >= 0.6 is 0 Å². The highest BCUT2D eigenvalue weighted by Crippen LogP contribution is 2.26. The maximum atomic E-state index is 13.6. The number of halogens is 1. The molecule has 0 spiro atoms. The van der Waals surface area contributed by atoms with Crippen molar-refractivity contribution in [3.63, 3.8) is 0 Å². The second-order valence-electron chi connectivity index (χ2n) is 6.66. The molecule has 0 amide bonds. The Kier molecular flexibility index (Phi) is 6.70. The van der Waals surface area contributed by atoms with Gasteiger partial charge in [0.25, 0.3) is 0 Å². The van der Waals surface area contributed by atoms with E-state index in [-0.39, 0.29) is 23.5 Å². The summed E-state index contributed by atoms with van der Waals surface area (Å²) in [5.74, 6) is -0.0367. The summed E-state index contributed by atoms with van der Waals surface area (Å²) in [7, 11) is 0. The number of aliphatic hydroxyl groups is 1. The van der Waals surface area contributed by atoms with E-state index in [9.17, 15) is 9.50 Å². The fourth-order valence-corrected chi connectivity index (χ4v) is 2.56. The van der Waals surface area contributed by atoms with Gasteiger partial charge < -0.3 is 9.84 Å². The van der Waals surface area contributed by atoms with Gasteiger partial charge in [-0.2, -0.15) is 5.10 Å². The molecule has 0 aliphatic rings. The zero-order chi connectivity index (χ0) is 18.4. The molecule has 25 heavy (non-hydrogen) atoms. The Balaban J connectivity index is 2.09. The van der Waals surface area contributed by atoms with Gasteiger partial charge in [-0.15, -0.1) is 0 Å². The van der Waals surface area contributed by atoms with Crippen molar-refractivity contribution < 1.29 is 14.2 Å². The number of allylic oxidation sites excluding steroid dienone is 1. The number of benzene rings is 1. The number of nitrogens with zero attached hydrogens (tertiary/aromatic N) is 3. The van der Waals surface area contributed by atoms with Crippen molar-refractivity contribution in [1.82, 2.24) is 14.8 Å². The lowest BCUT2D eigenvalue weighted by Crippen LogP contribution is -2.29. The van der Waals surface area contributed by atoms with Crippen molar-refractivity contribution in [2.24, 2.45) is 5.92 Å². The van der Waals surface area contributed by atoms with Crippen molar-refractivity contribution in [3.05, 3.63) is 53.9 Å². The van der Waals surface area contributed by atoms with Crippen LogP contribution < -0.4 is 4.74 Å². The number of ether oxygens (including phenoxy) is 1. The number of aliphatic hydroxyl groups excluding tert-OH is 1. The zero-order valence-corrected chi connectivity index (χ0v) is 15.2. The molecule has 1 aromatic heterocycles. The normalized spacial score (nSPS) is 15.0. The highest BCUT2D eigenvalue weighted by atomic mass is 19.1. The summed E-state index contributed by atoms with van der Waals surface area (Å²) in [5.41, 5.74) is 2.08. The minimum Gasteiger partial charge on any atom is -0.486 e. The summed E-state index contributed by atoms with van der Waals surface area (Å²) < 4.78 is 20.9. The molecule has 0 saturated heterocycles. The largest absolute Gasteiger partial charge is 0.486 e. The molecule has 0 fully saturated rings. The topological polar surface area (TPSA) is 60.2 Å². The molecule has 0 radical (unpaired) electrons. The summed E-state index contributed by atoms with van der Waals surface area (Å²) in [4.78, 5) is 3.98. The fraction of sp³-hybridized carbons (Fsp3) is 0.474. The molecule has 1 heterocycles. The van der Waals surface area contributed by atoms with E-state index in [1.807, 2.05) is 27.7 Å². The SMILES string of the molecule is C/C(COc1ccccc1F)=C(/C)CC(C(O)C(C)C)n1cncn1. The third kappa shape index (κ3) is 5.13. The summed E-state index contributed by atoms with van der Waals surface area (Å²) in [6, 6.07) is 6.15. The number of para-hydroxylation sites is 1. The number of hydrogen-bond acceptors (Lipinski definition) is 4. The van der Waals surface area contributed by atoms with E-state index in [1.165, 1.54) is 12.4 Å². The van der Waals surface area contributed by atoms with Crippen LogP contribution in [0, 0.1) is 11.7 Å². The van der Waals surface area contributed by atoms with Gasteiger partial charge in [0.2, 0.25) is 0 Å². The van der Waals surface area contributed by atoms with Crippen molar-refractivity contribution in [3.8, 4) is 5.75 Å². The third-order valence-electron chi connectivity index (χ3n) is 4.38. The second kappa shape index (κ2) is 8.76. The minimum atomic E-state index is -0.545. The van der Waals surface area contributed by atoms with E-state index in [0.717, 1.165) is 11.1 Å².